The largest absolute Gasteiger partial charge is 0.460 e. The Morgan fingerprint density at radius 1 is 0.824 bits per heavy atom. The molecule has 1 amide bonds. The summed E-state index contributed by atoms with van der Waals surface area (Å²) in [6, 6.07) is -1.28. The number of nitrogens with zero attached hydrogens (tertiary/aromatic N) is 1. The minimum absolute atomic E-state index is 0.0402. The van der Waals surface area contributed by atoms with Crippen LogP contribution < -0.4 is 0 Å². The smallest absolute Gasteiger partial charge is 0.329 e. The lowest BCUT2D eigenvalue weighted by Gasteiger charge is -2.38. The third-order valence-corrected chi connectivity index (χ3v) is 15.4. The number of Topliss-reactive ketones (excluding diaryl/α,β-unsaturated/α-hetero) is 4. The molecule has 2 heterocycles. The van der Waals surface area contributed by atoms with Crippen LogP contribution in [-0.2, 0) is 57.2 Å². The molecular formula is C56H87NO17. The Kier molecular flexibility index (Phi) is 26.4. The van der Waals surface area contributed by atoms with E-state index in [1.54, 1.807) is 39.0 Å². The molecule has 3 aliphatic rings. The van der Waals surface area contributed by atoms with E-state index in [2.05, 4.69) is 0 Å². The molecule has 0 bridgehead atoms. The zero-order valence-corrected chi connectivity index (χ0v) is 45.6. The number of ether oxygens (including phenoxy) is 5. The van der Waals surface area contributed by atoms with Crippen molar-refractivity contribution in [3.05, 3.63) is 47.6 Å². The number of methoxy groups -OCH3 is 3. The van der Waals surface area contributed by atoms with Gasteiger partial charge in [0.25, 0.3) is 11.7 Å². The fourth-order valence-corrected chi connectivity index (χ4v) is 10.1. The van der Waals surface area contributed by atoms with Crippen molar-refractivity contribution in [3.63, 3.8) is 0 Å². The number of allylic oxidation sites excluding steroid dienone is 6. The van der Waals surface area contributed by atoms with Crippen molar-refractivity contribution in [2.24, 2.45) is 40.9 Å². The molecule has 74 heavy (non-hydrogen) atoms. The number of hydrogen-bond donors (Lipinski definition) is 5. The lowest BCUT2D eigenvalue weighted by Crippen LogP contribution is -2.53. The molecule has 3 unspecified atom stereocenters. The number of hydrogen-bond acceptors (Lipinski definition) is 17. The second-order valence-electron chi connectivity index (χ2n) is 21.5. The van der Waals surface area contributed by atoms with Crippen LogP contribution >= 0.6 is 0 Å². The van der Waals surface area contributed by atoms with Gasteiger partial charge in [0.15, 0.2) is 5.78 Å². The van der Waals surface area contributed by atoms with Crippen LogP contribution in [0.1, 0.15) is 126 Å². The summed E-state index contributed by atoms with van der Waals surface area (Å²) in [5.41, 5.74) is -0.427. The van der Waals surface area contributed by atoms with Gasteiger partial charge in [0.05, 0.1) is 37.6 Å². The number of aliphatic hydroxyl groups is 5. The highest BCUT2D eigenvalue weighted by Gasteiger charge is 2.44. The summed E-state index contributed by atoms with van der Waals surface area (Å²) in [6.07, 6.45) is 5.28. The van der Waals surface area contributed by atoms with E-state index in [0.717, 1.165) is 10.5 Å². The molecule has 18 nitrogen and oxygen atoms in total. The zero-order valence-electron chi connectivity index (χ0n) is 45.6. The molecule has 3 rings (SSSR count). The average Bonchev–Trinajstić information content (AvgIpc) is 3.38. The van der Waals surface area contributed by atoms with Crippen molar-refractivity contribution in [1.82, 2.24) is 4.90 Å². The zero-order chi connectivity index (χ0) is 55.6. The SMILES string of the molecule is CO[C@H]1CC(O)CC(O)[C@@H](C)C(=O)C(=O)C(=O)N2CCCC[C@H]2C(=O)O[C@H](C(C)C[C@@H]2CC[C@@H](OC(=O)C(C)(CO)CO)[C@H](OC)C2)CC(=O)[C@H](C)/C=C(\C)[C@@H](O)[C@@H](OC)C(=O)[C@H](C)C[C@H](C)/C=C/C=C/C=C/1C. The van der Waals surface area contributed by atoms with E-state index in [4.69, 9.17) is 23.7 Å². The number of aliphatic hydroxyl groups excluding tert-OH is 5. The number of amides is 1. The Morgan fingerprint density at radius 3 is 2.12 bits per heavy atom. The third kappa shape index (κ3) is 17.9. The number of rotatable bonds is 10. The minimum atomic E-state index is -1.50. The second-order valence-corrected chi connectivity index (χ2v) is 21.5. The predicted octanol–water partition coefficient (Wildman–Crippen LogP) is 4.54. The number of fused-ring (bicyclic) bond motifs is 1. The molecule has 418 valence electrons. The summed E-state index contributed by atoms with van der Waals surface area (Å²) in [6.45, 7) is 12.0. The highest BCUT2D eigenvalue weighted by atomic mass is 16.6. The van der Waals surface area contributed by atoms with Crippen molar-refractivity contribution in [1.29, 1.82) is 0 Å². The van der Waals surface area contributed by atoms with Crippen molar-refractivity contribution >= 4 is 41.0 Å². The fourth-order valence-electron chi connectivity index (χ4n) is 10.1. The van der Waals surface area contributed by atoms with Crippen LogP contribution in [0, 0.1) is 40.9 Å². The molecule has 1 aliphatic carbocycles. The highest BCUT2D eigenvalue weighted by molar-refractivity contribution is 6.63. The average molecular weight is 1050 g/mol. The molecule has 2 aliphatic heterocycles. The van der Waals surface area contributed by atoms with E-state index in [1.165, 1.54) is 35.2 Å². The maximum absolute atomic E-state index is 14.4. The molecule has 0 radical (unpaired) electrons. The molecule has 0 aromatic rings. The topological polar surface area (TPSA) is 270 Å². The van der Waals surface area contributed by atoms with Crippen molar-refractivity contribution in [3.8, 4) is 0 Å². The van der Waals surface area contributed by atoms with Gasteiger partial charge in [-0.15, -0.1) is 0 Å². The minimum Gasteiger partial charge on any atom is -0.460 e. The summed E-state index contributed by atoms with van der Waals surface area (Å²) in [5.74, 6) is -9.49. The number of carbonyl (C=O) groups is 7. The van der Waals surface area contributed by atoms with E-state index >= 15 is 0 Å². The van der Waals surface area contributed by atoms with Gasteiger partial charge in [-0.2, -0.15) is 0 Å². The molecule has 1 saturated heterocycles. The van der Waals surface area contributed by atoms with Gasteiger partial charge in [-0.25, -0.2) is 4.79 Å². The molecule has 0 aromatic heterocycles. The standard InChI is InChI=1S/C56H87NO17/c1-32-17-13-12-14-18-33(2)45(70-9)28-40(60)27-43(62)38(7)50(65)51(66)53(67)57-22-16-15-19-41(57)54(68)73-46(29-42(61)34(3)24-37(6)49(64)52(72-11)48(63)36(5)23-32)35(4)25-39-20-21-44(47(26-39)71-10)74-55(69)56(8,30-58)31-59/h12-14,17-18,24,32,34-36,38-41,43-47,49,52,58-60,62,64H,15-16,19-23,25-31H2,1-11H3/b14-12+,17-13+,33-18+,37-24+/t32-,34-,35?,36-,38-,39+,40?,41+,43?,44-,45+,46+,47-,49-,52+/m1/s1. The Hall–Kier alpha value is -4.27. The Morgan fingerprint density at radius 2 is 1.50 bits per heavy atom. The van der Waals surface area contributed by atoms with E-state index in [0.29, 0.717) is 50.5 Å². The summed E-state index contributed by atoms with van der Waals surface area (Å²) in [7, 11) is 4.29. The Labute approximate surface area is 437 Å². The summed E-state index contributed by atoms with van der Waals surface area (Å²) < 4.78 is 28.9. The predicted molar refractivity (Wildman–Crippen MR) is 274 cm³/mol. The first-order valence-electron chi connectivity index (χ1n) is 26.3. The van der Waals surface area contributed by atoms with Gasteiger partial charge in [0.1, 0.15) is 41.7 Å². The fraction of sp³-hybridized carbons (Fsp3) is 0.732. The van der Waals surface area contributed by atoms with Gasteiger partial charge in [-0.3, -0.25) is 28.8 Å². The molecule has 0 spiro atoms. The van der Waals surface area contributed by atoms with Crippen molar-refractivity contribution in [2.45, 2.75) is 181 Å². The first kappa shape index (κ1) is 64.0. The quantitative estimate of drug-likeness (QED) is 0.114. The van der Waals surface area contributed by atoms with Crippen LogP contribution in [0.3, 0.4) is 0 Å². The van der Waals surface area contributed by atoms with Crippen LogP contribution in [0.5, 0.6) is 0 Å². The normalized spacial score (nSPS) is 35.7. The maximum atomic E-state index is 14.4. The van der Waals surface area contributed by atoms with Gasteiger partial charge in [0.2, 0.25) is 5.78 Å². The number of piperidine rings is 1. The lowest BCUT2D eigenvalue weighted by molar-refractivity contribution is -0.177. The van der Waals surface area contributed by atoms with Crippen molar-refractivity contribution < 1.29 is 82.8 Å². The molecule has 18 heteroatoms. The van der Waals surface area contributed by atoms with Crippen LogP contribution in [0.25, 0.3) is 0 Å². The number of esters is 2. The second kappa shape index (κ2) is 30.5. The monoisotopic (exact) mass is 1050 g/mol. The molecule has 5 N–H and O–H groups in total. The summed E-state index contributed by atoms with van der Waals surface area (Å²) in [4.78, 5) is 97.4. The molecular weight excluding hydrogens is 959 g/mol. The van der Waals surface area contributed by atoms with E-state index < -0.39 is 127 Å². The molecule has 0 aromatic carbocycles. The highest BCUT2D eigenvalue weighted by Crippen LogP contribution is 2.36. The first-order chi connectivity index (χ1) is 34.9. The van der Waals surface area contributed by atoms with Crippen LogP contribution in [-0.4, -0.2) is 167 Å². The molecule has 1 saturated carbocycles. The van der Waals surface area contributed by atoms with E-state index in [1.807, 2.05) is 39.0 Å². The Bertz CT molecular complexity index is 2020. The number of carbonyl (C=O) groups excluding carboxylic acids is 7. The van der Waals surface area contributed by atoms with Gasteiger partial charge in [-0.1, -0.05) is 71.1 Å². The van der Waals surface area contributed by atoms with Gasteiger partial charge in [-0.05, 0) is 101 Å². The van der Waals surface area contributed by atoms with Crippen LogP contribution in [0.2, 0.25) is 0 Å². The number of ketones is 4. The molecule has 15 atom stereocenters. The van der Waals surface area contributed by atoms with Gasteiger partial charge >= 0.3 is 11.9 Å². The third-order valence-electron chi connectivity index (χ3n) is 15.4. The summed E-state index contributed by atoms with van der Waals surface area (Å²) >= 11 is 0. The number of cyclic esters (lactones) is 1. The lowest BCUT2D eigenvalue weighted by atomic mass is 9.78. The van der Waals surface area contributed by atoms with Gasteiger partial charge < -0.3 is 54.1 Å². The van der Waals surface area contributed by atoms with Crippen molar-refractivity contribution in [2.75, 3.05) is 41.1 Å². The van der Waals surface area contributed by atoms with E-state index in [-0.39, 0.29) is 55.6 Å². The van der Waals surface area contributed by atoms with Gasteiger partial charge in [0, 0.05) is 64.9 Å². The summed E-state index contributed by atoms with van der Waals surface area (Å²) in [5, 5.41) is 53.1. The van der Waals surface area contributed by atoms with Crippen LogP contribution in [0.4, 0.5) is 0 Å². The molecule has 2 fully saturated rings. The maximum Gasteiger partial charge on any atom is 0.329 e. The first-order valence-corrected chi connectivity index (χ1v) is 26.3. The Balaban J connectivity index is 2.01. The van der Waals surface area contributed by atoms with Crippen LogP contribution in [0.15, 0.2) is 47.6 Å². The van der Waals surface area contributed by atoms with E-state index in [9.17, 15) is 59.1 Å².